The van der Waals surface area contributed by atoms with E-state index in [-0.39, 0.29) is 12.4 Å². The van der Waals surface area contributed by atoms with Crippen molar-refractivity contribution >= 4 is 35.0 Å². The van der Waals surface area contributed by atoms with Crippen LogP contribution in [-0.4, -0.2) is 6.61 Å². The SMILES string of the molecule is Cl.NCc1ccc(OCC2CCCCC2)c(I)c1. The Kier molecular flexibility index (Phi) is 7.34. The molecule has 0 unspecified atom stereocenters. The highest BCUT2D eigenvalue weighted by atomic mass is 127. The minimum Gasteiger partial charge on any atom is -0.492 e. The van der Waals surface area contributed by atoms with Crippen molar-refractivity contribution in [2.45, 2.75) is 38.6 Å². The second kappa shape index (κ2) is 8.23. The number of rotatable bonds is 4. The zero-order valence-corrected chi connectivity index (χ0v) is 13.5. The topological polar surface area (TPSA) is 35.2 Å². The first-order valence-corrected chi connectivity index (χ1v) is 7.49. The predicted octanol–water partition coefficient (Wildman–Crippen LogP) is 4.13. The Morgan fingerprint density at radius 3 is 2.56 bits per heavy atom. The molecule has 2 N–H and O–H groups in total. The molecule has 1 aromatic carbocycles. The van der Waals surface area contributed by atoms with Crippen LogP contribution in [0.4, 0.5) is 0 Å². The summed E-state index contributed by atoms with van der Waals surface area (Å²) in [5, 5.41) is 0. The van der Waals surface area contributed by atoms with E-state index in [2.05, 4.69) is 34.7 Å². The number of nitrogens with two attached hydrogens (primary N) is 1. The van der Waals surface area contributed by atoms with E-state index in [1.54, 1.807) is 0 Å². The van der Waals surface area contributed by atoms with Gasteiger partial charge in [0.25, 0.3) is 0 Å². The lowest BCUT2D eigenvalue weighted by Crippen LogP contribution is -2.15. The monoisotopic (exact) mass is 381 g/mol. The van der Waals surface area contributed by atoms with E-state index < -0.39 is 0 Å². The van der Waals surface area contributed by atoms with Gasteiger partial charge in [-0.1, -0.05) is 25.3 Å². The maximum absolute atomic E-state index is 5.93. The molecule has 0 aromatic heterocycles. The smallest absolute Gasteiger partial charge is 0.132 e. The molecule has 0 amide bonds. The quantitative estimate of drug-likeness (QED) is 0.796. The summed E-state index contributed by atoms with van der Waals surface area (Å²) in [5.74, 6) is 1.77. The average Bonchev–Trinajstić information content (AvgIpc) is 2.38. The summed E-state index contributed by atoms with van der Waals surface area (Å²) in [6.07, 6.45) is 6.81. The highest BCUT2D eigenvalue weighted by molar-refractivity contribution is 14.1. The molecule has 0 bridgehead atoms. The molecule has 102 valence electrons. The van der Waals surface area contributed by atoms with Crippen molar-refractivity contribution in [1.29, 1.82) is 0 Å². The molecule has 2 rings (SSSR count). The maximum atomic E-state index is 5.93. The molecule has 18 heavy (non-hydrogen) atoms. The number of ether oxygens (including phenoxy) is 1. The van der Waals surface area contributed by atoms with Gasteiger partial charge in [-0.05, 0) is 59.0 Å². The number of halogens is 2. The van der Waals surface area contributed by atoms with Crippen LogP contribution < -0.4 is 10.5 Å². The van der Waals surface area contributed by atoms with Gasteiger partial charge in [-0.2, -0.15) is 0 Å². The summed E-state index contributed by atoms with van der Waals surface area (Å²) in [5.41, 5.74) is 6.78. The third-order valence-electron chi connectivity index (χ3n) is 3.43. The van der Waals surface area contributed by atoms with Crippen molar-refractivity contribution in [2.24, 2.45) is 11.7 Å². The van der Waals surface area contributed by atoms with Gasteiger partial charge in [-0.3, -0.25) is 0 Å². The summed E-state index contributed by atoms with van der Waals surface area (Å²) in [4.78, 5) is 0. The number of benzene rings is 1. The normalized spacial score (nSPS) is 16.1. The van der Waals surface area contributed by atoms with Crippen molar-refractivity contribution in [3.8, 4) is 5.75 Å². The minimum atomic E-state index is 0. The Balaban J connectivity index is 0.00000162. The Morgan fingerprint density at radius 1 is 1.22 bits per heavy atom. The van der Waals surface area contributed by atoms with E-state index in [0.29, 0.717) is 6.54 Å². The lowest BCUT2D eigenvalue weighted by molar-refractivity contribution is 0.207. The molecule has 0 saturated heterocycles. The van der Waals surface area contributed by atoms with Crippen molar-refractivity contribution < 1.29 is 4.74 Å². The molecule has 4 heteroatoms. The highest BCUT2D eigenvalue weighted by Gasteiger charge is 2.14. The Labute approximate surface area is 129 Å². The van der Waals surface area contributed by atoms with Crippen LogP contribution in [0, 0.1) is 9.49 Å². The molecule has 2 nitrogen and oxygen atoms in total. The molecule has 1 aliphatic rings. The van der Waals surface area contributed by atoms with Gasteiger partial charge in [0.2, 0.25) is 0 Å². The highest BCUT2D eigenvalue weighted by Crippen LogP contribution is 2.27. The molecular weight excluding hydrogens is 361 g/mol. The molecule has 0 radical (unpaired) electrons. The molecule has 1 saturated carbocycles. The molecule has 1 fully saturated rings. The van der Waals surface area contributed by atoms with Crippen LogP contribution in [0.3, 0.4) is 0 Å². The Bertz CT molecular complexity index is 367. The van der Waals surface area contributed by atoms with E-state index in [4.69, 9.17) is 10.5 Å². The minimum absolute atomic E-state index is 0. The van der Waals surface area contributed by atoms with Gasteiger partial charge in [0.15, 0.2) is 0 Å². The lowest BCUT2D eigenvalue weighted by Gasteiger charge is -2.22. The maximum Gasteiger partial charge on any atom is 0.132 e. The zero-order chi connectivity index (χ0) is 12.1. The number of hydrogen-bond donors (Lipinski definition) is 1. The van der Waals surface area contributed by atoms with Gasteiger partial charge in [0, 0.05) is 6.54 Å². The van der Waals surface area contributed by atoms with E-state index in [0.717, 1.165) is 18.3 Å². The molecule has 0 spiro atoms. The van der Waals surface area contributed by atoms with Crippen LogP contribution in [0.5, 0.6) is 5.75 Å². The first-order valence-electron chi connectivity index (χ1n) is 6.41. The number of hydrogen-bond acceptors (Lipinski definition) is 2. The van der Waals surface area contributed by atoms with Crippen molar-refractivity contribution in [3.05, 3.63) is 27.3 Å². The van der Waals surface area contributed by atoms with Crippen LogP contribution in [0.1, 0.15) is 37.7 Å². The van der Waals surface area contributed by atoms with Crippen LogP contribution in [-0.2, 0) is 6.54 Å². The third-order valence-corrected chi connectivity index (χ3v) is 4.27. The van der Waals surface area contributed by atoms with E-state index in [1.165, 1.54) is 41.2 Å². The molecule has 1 aromatic rings. The van der Waals surface area contributed by atoms with E-state index in [1.807, 2.05) is 6.07 Å². The summed E-state index contributed by atoms with van der Waals surface area (Å²) < 4.78 is 7.10. The standard InChI is InChI=1S/C14H20INO.ClH/c15-13-8-12(9-16)6-7-14(13)17-10-11-4-2-1-3-5-11;/h6-8,11H,1-5,9-10,16H2;1H. The zero-order valence-electron chi connectivity index (χ0n) is 10.5. The predicted molar refractivity (Wildman–Crippen MR) is 86.4 cm³/mol. The van der Waals surface area contributed by atoms with Crippen molar-refractivity contribution in [1.82, 2.24) is 0 Å². The van der Waals surface area contributed by atoms with E-state index >= 15 is 0 Å². The first-order chi connectivity index (χ1) is 8.29. The van der Waals surface area contributed by atoms with Gasteiger partial charge in [0.05, 0.1) is 10.2 Å². The fraction of sp³-hybridized carbons (Fsp3) is 0.571. The van der Waals surface area contributed by atoms with Crippen LogP contribution in [0.2, 0.25) is 0 Å². The second-order valence-electron chi connectivity index (χ2n) is 4.78. The van der Waals surface area contributed by atoms with Gasteiger partial charge < -0.3 is 10.5 Å². The molecular formula is C14H21ClINO. The third kappa shape index (κ3) is 4.59. The van der Waals surface area contributed by atoms with Crippen LogP contribution in [0.25, 0.3) is 0 Å². The molecule has 0 atom stereocenters. The summed E-state index contributed by atoms with van der Waals surface area (Å²) in [7, 11) is 0. The fourth-order valence-corrected chi connectivity index (χ4v) is 3.09. The van der Waals surface area contributed by atoms with Crippen LogP contribution >= 0.6 is 35.0 Å². The average molecular weight is 382 g/mol. The summed E-state index contributed by atoms with van der Waals surface area (Å²) in [6, 6.07) is 6.21. The Hall–Kier alpha value is -0.000000000000000111. The van der Waals surface area contributed by atoms with Gasteiger partial charge in [-0.15, -0.1) is 12.4 Å². The van der Waals surface area contributed by atoms with Gasteiger partial charge in [0.1, 0.15) is 5.75 Å². The van der Waals surface area contributed by atoms with Crippen molar-refractivity contribution in [2.75, 3.05) is 6.61 Å². The second-order valence-corrected chi connectivity index (χ2v) is 5.95. The van der Waals surface area contributed by atoms with Crippen molar-refractivity contribution in [3.63, 3.8) is 0 Å². The van der Waals surface area contributed by atoms with Crippen LogP contribution in [0.15, 0.2) is 18.2 Å². The lowest BCUT2D eigenvalue weighted by atomic mass is 9.90. The first kappa shape index (κ1) is 16.1. The largest absolute Gasteiger partial charge is 0.492 e. The summed E-state index contributed by atoms with van der Waals surface area (Å²) >= 11 is 2.32. The molecule has 1 aliphatic carbocycles. The van der Waals surface area contributed by atoms with Gasteiger partial charge >= 0.3 is 0 Å². The fourth-order valence-electron chi connectivity index (χ4n) is 2.35. The molecule has 0 aliphatic heterocycles. The van der Waals surface area contributed by atoms with Gasteiger partial charge in [-0.25, -0.2) is 0 Å². The molecule has 0 heterocycles. The summed E-state index contributed by atoms with van der Waals surface area (Å²) in [6.45, 7) is 1.47. The van der Waals surface area contributed by atoms with E-state index in [9.17, 15) is 0 Å². The Morgan fingerprint density at radius 2 is 1.94 bits per heavy atom.